The second-order valence-electron chi connectivity index (χ2n) is 6.70. The number of ether oxygens (including phenoxy) is 1. The van der Waals surface area contributed by atoms with Crippen molar-refractivity contribution >= 4 is 34.8 Å². The van der Waals surface area contributed by atoms with Crippen LogP contribution in [-0.2, 0) is 16.1 Å². The summed E-state index contributed by atoms with van der Waals surface area (Å²) in [4.78, 5) is 39.2. The molecule has 7 heteroatoms. The van der Waals surface area contributed by atoms with Crippen LogP contribution in [0.2, 0.25) is 0 Å². The van der Waals surface area contributed by atoms with Gasteiger partial charge in [0.25, 0.3) is 11.8 Å². The molecule has 0 aliphatic rings. The van der Waals surface area contributed by atoms with Gasteiger partial charge in [0.1, 0.15) is 0 Å². The molecular formula is C23H22N2O4S. The molecule has 1 heterocycles. The van der Waals surface area contributed by atoms with Gasteiger partial charge in [-0.3, -0.25) is 9.59 Å². The van der Waals surface area contributed by atoms with E-state index in [1.54, 1.807) is 43.4 Å². The molecule has 0 saturated carbocycles. The van der Waals surface area contributed by atoms with E-state index in [1.165, 1.54) is 16.2 Å². The summed E-state index contributed by atoms with van der Waals surface area (Å²) >= 11 is 1.33. The third-order valence-electron chi connectivity index (χ3n) is 4.47. The molecule has 0 spiro atoms. The van der Waals surface area contributed by atoms with Crippen LogP contribution in [0.5, 0.6) is 0 Å². The normalized spacial score (nSPS) is 10.3. The minimum absolute atomic E-state index is 0.219. The third-order valence-corrected chi connectivity index (χ3v) is 5.32. The Labute approximate surface area is 179 Å². The highest BCUT2D eigenvalue weighted by atomic mass is 32.1. The minimum Gasteiger partial charge on any atom is -0.452 e. The number of carbonyl (C=O) groups is 3. The maximum atomic E-state index is 12.6. The van der Waals surface area contributed by atoms with Gasteiger partial charge in [0.15, 0.2) is 6.61 Å². The number of carbonyl (C=O) groups excluding carboxylic acids is 3. The number of benzene rings is 2. The third kappa shape index (κ3) is 5.33. The Bertz CT molecular complexity index is 1030. The lowest BCUT2D eigenvalue weighted by Gasteiger charge is -2.19. The van der Waals surface area contributed by atoms with E-state index >= 15 is 0 Å². The van der Waals surface area contributed by atoms with Gasteiger partial charge >= 0.3 is 5.97 Å². The number of aryl methyl sites for hydroxylation is 1. The Hall–Kier alpha value is -3.45. The van der Waals surface area contributed by atoms with Crippen LogP contribution < -0.4 is 10.2 Å². The lowest BCUT2D eigenvalue weighted by Crippen LogP contribution is -2.30. The van der Waals surface area contributed by atoms with Crippen molar-refractivity contribution in [3.63, 3.8) is 0 Å². The molecule has 0 saturated heterocycles. The molecule has 0 radical (unpaired) electrons. The van der Waals surface area contributed by atoms with Crippen molar-refractivity contribution in [2.24, 2.45) is 0 Å². The van der Waals surface area contributed by atoms with Gasteiger partial charge in [-0.05, 0) is 36.1 Å². The van der Waals surface area contributed by atoms with Gasteiger partial charge in [-0.25, -0.2) is 4.79 Å². The molecule has 2 amide bonds. The number of esters is 1. The quantitative estimate of drug-likeness (QED) is 0.588. The first kappa shape index (κ1) is 21.3. The topological polar surface area (TPSA) is 75.7 Å². The molecule has 0 bridgehead atoms. The Morgan fingerprint density at radius 2 is 1.73 bits per heavy atom. The highest BCUT2D eigenvalue weighted by Crippen LogP contribution is 2.23. The zero-order valence-electron chi connectivity index (χ0n) is 16.8. The first-order valence-corrected chi connectivity index (χ1v) is 10.2. The van der Waals surface area contributed by atoms with Crippen LogP contribution in [0, 0.1) is 6.92 Å². The molecule has 154 valence electrons. The molecule has 0 aliphatic carbocycles. The van der Waals surface area contributed by atoms with E-state index in [1.807, 2.05) is 36.6 Å². The standard InChI is InChI=1S/C23H22N2O4S/c1-16-9-11-17(12-10-16)14-24-21(26)15-29-23(28)18-6-3-4-7-19(18)25(2)22(27)20-8-5-13-30-20/h3-13H,14-15H2,1-2H3,(H,24,26). The van der Waals surface area contributed by atoms with Crippen LogP contribution in [0.3, 0.4) is 0 Å². The molecule has 1 N–H and O–H groups in total. The van der Waals surface area contributed by atoms with Crippen molar-refractivity contribution in [1.82, 2.24) is 5.32 Å². The number of thiophene rings is 1. The lowest BCUT2D eigenvalue weighted by molar-refractivity contribution is -0.124. The maximum absolute atomic E-state index is 12.6. The summed E-state index contributed by atoms with van der Waals surface area (Å²) in [6.45, 7) is 1.94. The number of para-hydroxylation sites is 1. The van der Waals surface area contributed by atoms with E-state index in [2.05, 4.69) is 5.32 Å². The number of amides is 2. The Morgan fingerprint density at radius 3 is 2.43 bits per heavy atom. The summed E-state index contributed by atoms with van der Waals surface area (Å²) in [7, 11) is 1.60. The number of hydrogen-bond donors (Lipinski definition) is 1. The lowest BCUT2D eigenvalue weighted by atomic mass is 10.1. The molecule has 0 aliphatic heterocycles. The number of nitrogens with one attached hydrogen (secondary N) is 1. The van der Waals surface area contributed by atoms with Crippen LogP contribution >= 0.6 is 11.3 Å². The fourth-order valence-electron chi connectivity index (χ4n) is 2.78. The smallest absolute Gasteiger partial charge is 0.340 e. The second-order valence-corrected chi connectivity index (χ2v) is 7.64. The summed E-state index contributed by atoms with van der Waals surface area (Å²) in [6, 6.07) is 18.0. The molecule has 6 nitrogen and oxygen atoms in total. The number of anilines is 1. The minimum atomic E-state index is -0.665. The van der Waals surface area contributed by atoms with Crippen LogP contribution in [0.25, 0.3) is 0 Å². The molecule has 30 heavy (non-hydrogen) atoms. The molecule has 3 rings (SSSR count). The van der Waals surface area contributed by atoms with Crippen LogP contribution in [0.1, 0.15) is 31.2 Å². The van der Waals surface area contributed by atoms with Crippen LogP contribution in [0.15, 0.2) is 66.0 Å². The Kier molecular flexibility index (Phi) is 6.98. The van der Waals surface area contributed by atoms with E-state index in [0.717, 1.165) is 11.1 Å². The molecule has 0 fully saturated rings. The van der Waals surface area contributed by atoms with E-state index in [9.17, 15) is 14.4 Å². The van der Waals surface area contributed by atoms with Crippen LogP contribution in [0.4, 0.5) is 5.69 Å². The van der Waals surface area contributed by atoms with Gasteiger partial charge in [0.05, 0.1) is 16.1 Å². The average molecular weight is 423 g/mol. The van der Waals surface area contributed by atoms with E-state index in [-0.39, 0.29) is 11.5 Å². The predicted molar refractivity (Wildman–Crippen MR) is 117 cm³/mol. The van der Waals surface area contributed by atoms with Gasteiger partial charge in [0.2, 0.25) is 0 Å². The first-order chi connectivity index (χ1) is 14.5. The summed E-state index contributed by atoms with van der Waals surface area (Å²) in [5.41, 5.74) is 2.73. The van der Waals surface area contributed by atoms with Gasteiger partial charge in [0, 0.05) is 13.6 Å². The largest absolute Gasteiger partial charge is 0.452 e. The van der Waals surface area contributed by atoms with Crippen molar-refractivity contribution in [3.8, 4) is 0 Å². The number of rotatable bonds is 7. The zero-order valence-corrected chi connectivity index (χ0v) is 17.6. The van der Waals surface area contributed by atoms with Gasteiger partial charge in [-0.2, -0.15) is 0 Å². The SMILES string of the molecule is Cc1ccc(CNC(=O)COC(=O)c2ccccc2N(C)C(=O)c2cccs2)cc1. The zero-order chi connectivity index (χ0) is 21.5. The summed E-state index contributed by atoms with van der Waals surface area (Å²) < 4.78 is 5.17. The predicted octanol–water partition coefficient (Wildman–Crippen LogP) is 3.81. The van der Waals surface area contributed by atoms with E-state index < -0.39 is 18.5 Å². The molecule has 0 unspecified atom stereocenters. The number of nitrogens with zero attached hydrogens (tertiary/aromatic N) is 1. The summed E-state index contributed by atoms with van der Waals surface area (Å²) in [5.74, 6) is -1.28. The second kappa shape index (κ2) is 9.84. The Morgan fingerprint density at radius 1 is 1.00 bits per heavy atom. The highest BCUT2D eigenvalue weighted by Gasteiger charge is 2.21. The monoisotopic (exact) mass is 422 g/mol. The highest BCUT2D eigenvalue weighted by molar-refractivity contribution is 7.12. The van der Waals surface area contributed by atoms with Crippen molar-refractivity contribution < 1.29 is 19.1 Å². The van der Waals surface area contributed by atoms with E-state index in [4.69, 9.17) is 4.74 Å². The fourth-order valence-corrected chi connectivity index (χ4v) is 3.48. The fraction of sp³-hybridized carbons (Fsp3) is 0.174. The number of hydrogen-bond acceptors (Lipinski definition) is 5. The molecule has 2 aromatic carbocycles. The maximum Gasteiger partial charge on any atom is 0.340 e. The Balaban J connectivity index is 1.59. The first-order valence-electron chi connectivity index (χ1n) is 9.35. The van der Waals surface area contributed by atoms with Crippen LogP contribution in [-0.4, -0.2) is 31.4 Å². The molecule has 1 aromatic heterocycles. The van der Waals surface area contributed by atoms with Gasteiger partial charge in [-0.15, -0.1) is 11.3 Å². The van der Waals surface area contributed by atoms with Gasteiger partial charge < -0.3 is 15.0 Å². The average Bonchev–Trinajstić information content (AvgIpc) is 3.31. The van der Waals surface area contributed by atoms with E-state index in [0.29, 0.717) is 17.1 Å². The van der Waals surface area contributed by atoms with Crippen molar-refractivity contribution in [3.05, 3.63) is 87.6 Å². The molecule has 0 atom stereocenters. The van der Waals surface area contributed by atoms with Crippen molar-refractivity contribution in [1.29, 1.82) is 0 Å². The van der Waals surface area contributed by atoms with Crippen molar-refractivity contribution in [2.75, 3.05) is 18.6 Å². The van der Waals surface area contributed by atoms with Gasteiger partial charge in [-0.1, -0.05) is 48.0 Å². The molecular weight excluding hydrogens is 400 g/mol. The van der Waals surface area contributed by atoms with Crippen molar-refractivity contribution in [2.45, 2.75) is 13.5 Å². The molecule has 3 aromatic rings. The summed E-state index contributed by atoms with van der Waals surface area (Å²) in [5, 5.41) is 4.54. The summed E-state index contributed by atoms with van der Waals surface area (Å²) in [6.07, 6.45) is 0.